The smallest absolute Gasteiger partial charge is 0.326 e. The molecule has 1 atom stereocenters. The Morgan fingerprint density at radius 3 is 2.60 bits per heavy atom. The minimum absolute atomic E-state index is 0.0146. The van der Waals surface area contributed by atoms with Crippen LogP contribution in [0.15, 0.2) is 9.85 Å². The number of esters is 1. The number of carbonyl (C=O) groups is 3. The van der Waals surface area contributed by atoms with Crippen molar-refractivity contribution in [2.75, 3.05) is 7.11 Å². The number of amides is 1. The highest BCUT2D eigenvalue weighted by Gasteiger charge is 2.23. The normalized spacial score (nSPS) is 11.8. The summed E-state index contributed by atoms with van der Waals surface area (Å²) in [6.45, 7) is 1.84. The number of methoxy groups -OCH3 is 1. The molecule has 1 rings (SSSR count). The number of ether oxygens (including phenoxy) is 1. The Kier molecular flexibility index (Phi) is 6.15. The molecule has 0 aliphatic carbocycles. The highest BCUT2D eigenvalue weighted by molar-refractivity contribution is 9.11. The number of nitrogens with one attached hydrogen (secondary N) is 1. The Morgan fingerprint density at radius 2 is 2.15 bits per heavy atom. The first-order valence-electron chi connectivity index (χ1n) is 5.71. The second-order valence-corrected chi connectivity index (χ2v) is 6.42. The van der Waals surface area contributed by atoms with E-state index in [2.05, 4.69) is 26.0 Å². The van der Waals surface area contributed by atoms with Gasteiger partial charge in [0.05, 0.1) is 15.8 Å². The van der Waals surface area contributed by atoms with Crippen molar-refractivity contribution < 1.29 is 24.2 Å². The molecule has 0 spiro atoms. The van der Waals surface area contributed by atoms with Gasteiger partial charge >= 0.3 is 11.9 Å². The molecule has 0 bridgehead atoms. The van der Waals surface area contributed by atoms with Gasteiger partial charge in [-0.2, -0.15) is 0 Å². The molecule has 8 heteroatoms. The fourth-order valence-electron chi connectivity index (χ4n) is 1.42. The number of carboxylic acids is 1. The van der Waals surface area contributed by atoms with E-state index in [0.717, 1.165) is 9.35 Å². The average molecular weight is 364 g/mol. The van der Waals surface area contributed by atoms with Gasteiger partial charge in [-0.1, -0.05) is 0 Å². The average Bonchev–Trinajstić information content (AvgIpc) is 2.73. The predicted octanol–water partition coefficient (Wildman–Crippen LogP) is 1.96. The summed E-state index contributed by atoms with van der Waals surface area (Å²) in [5.41, 5.74) is 0.904. The van der Waals surface area contributed by atoms with Crippen LogP contribution in [-0.2, 0) is 14.3 Å². The van der Waals surface area contributed by atoms with Gasteiger partial charge in [0.1, 0.15) is 6.04 Å². The van der Waals surface area contributed by atoms with Crippen LogP contribution in [-0.4, -0.2) is 36.1 Å². The Bertz CT molecular complexity index is 508. The Morgan fingerprint density at radius 1 is 1.50 bits per heavy atom. The van der Waals surface area contributed by atoms with Crippen molar-refractivity contribution in [3.05, 3.63) is 20.3 Å². The van der Waals surface area contributed by atoms with Gasteiger partial charge in [0, 0.05) is 6.42 Å². The highest BCUT2D eigenvalue weighted by atomic mass is 79.9. The first kappa shape index (κ1) is 16.6. The monoisotopic (exact) mass is 363 g/mol. The number of hydrogen-bond acceptors (Lipinski definition) is 5. The van der Waals surface area contributed by atoms with Crippen molar-refractivity contribution in [2.24, 2.45) is 0 Å². The molecule has 2 N–H and O–H groups in total. The molecule has 0 aromatic carbocycles. The van der Waals surface area contributed by atoms with E-state index < -0.39 is 23.9 Å². The summed E-state index contributed by atoms with van der Waals surface area (Å²) in [7, 11) is 1.22. The van der Waals surface area contributed by atoms with E-state index in [4.69, 9.17) is 5.11 Å². The van der Waals surface area contributed by atoms with Crippen molar-refractivity contribution in [1.29, 1.82) is 0 Å². The standard InChI is InChI=1S/C12H14BrNO5S/c1-6-5-8(20-10(6)13)11(16)14-7(12(17)18)3-4-9(15)19-2/h5,7H,3-4H2,1-2H3,(H,14,16)(H,17,18)/t7-/m0/s1. The van der Waals surface area contributed by atoms with E-state index in [1.54, 1.807) is 6.07 Å². The summed E-state index contributed by atoms with van der Waals surface area (Å²) < 4.78 is 5.26. The van der Waals surface area contributed by atoms with Gasteiger partial charge in [-0.05, 0) is 40.9 Å². The molecule has 20 heavy (non-hydrogen) atoms. The fraction of sp³-hybridized carbons (Fsp3) is 0.417. The number of halogens is 1. The van der Waals surface area contributed by atoms with Crippen LogP contribution >= 0.6 is 27.3 Å². The van der Waals surface area contributed by atoms with Crippen LogP contribution in [0, 0.1) is 6.92 Å². The maximum atomic E-state index is 11.9. The number of rotatable bonds is 6. The van der Waals surface area contributed by atoms with E-state index >= 15 is 0 Å². The zero-order valence-corrected chi connectivity index (χ0v) is 13.3. The first-order chi connectivity index (χ1) is 9.35. The number of carboxylic acid groups (broad SMARTS) is 1. The van der Waals surface area contributed by atoms with Crippen LogP contribution in [0.5, 0.6) is 0 Å². The lowest BCUT2D eigenvalue weighted by Gasteiger charge is -2.13. The molecule has 1 heterocycles. The maximum absolute atomic E-state index is 11.9. The Labute approximate surface area is 128 Å². The summed E-state index contributed by atoms with van der Waals surface area (Å²) >= 11 is 4.52. The summed E-state index contributed by atoms with van der Waals surface area (Å²) in [6.07, 6.45) is -0.0832. The molecule has 0 saturated heterocycles. The van der Waals surface area contributed by atoms with Gasteiger partial charge in [-0.3, -0.25) is 9.59 Å². The minimum atomic E-state index is -1.19. The lowest BCUT2D eigenvalue weighted by Crippen LogP contribution is -2.40. The molecule has 1 aromatic rings. The third-order valence-electron chi connectivity index (χ3n) is 2.55. The number of aliphatic carboxylic acids is 1. The topological polar surface area (TPSA) is 92.7 Å². The third kappa shape index (κ3) is 4.61. The molecular weight excluding hydrogens is 350 g/mol. The van der Waals surface area contributed by atoms with Crippen LogP contribution in [0.2, 0.25) is 0 Å². The zero-order valence-electron chi connectivity index (χ0n) is 10.9. The van der Waals surface area contributed by atoms with Crippen molar-refractivity contribution in [3.8, 4) is 0 Å². The molecule has 110 valence electrons. The molecule has 6 nitrogen and oxygen atoms in total. The summed E-state index contributed by atoms with van der Waals surface area (Å²) in [5.74, 6) is -2.17. The van der Waals surface area contributed by atoms with Crippen molar-refractivity contribution in [1.82, 2.24) is 5.32 Å². The van der Waals surface area contributed by atoms with Crippen LogP contribution in [0.3, 0.4) is 0 Å². The lowest BCUT2D eigenvalue weighted by atomic mass is 10.1. The van der Waals surface area contributed by atoms with Gasteiger partial charge in [0.25, 0.3) is 5.91 Å². The van der Waals surface area contributed by atoms with E-state index in [1.807, 2.05) is 6.92 Å². The van der Waals surface area contributed by atoms with E-state index in [-0.39, 0.29) is 12.8 Å². The van der Waals surface area contributed by atoms with Gasteiger partial charge in [0.15, 0.2) is 0 Å². The second-order valence-electron chi connectivity index (χ2n) is 4.05. The molecule has 1 aromatic heterocycles. The molecule has 0 aliphatic heterocycles. The number of thiophene rings is 1. The van der Waals surface area contributed by atoms with Gasteiger partial charge < -0.3 is 15.2 Å². The van der Waals surface area contributed by atoms with Crippen LogP contribution < -0.4 is 5.32 Å². The Hall–Kier alpha value is -1.41. The van der Waals surface area contributed by atoms with E-state index in [9.17, 15) is 14.4 Å². The van der Waals surface area contributed by atoms with E-state index in [1.165, 1.54) is 18.4 Å². The zero-order chi connectivity index (χ0) is 15.3. The predicted molar refractivity (Wildman–Crippen MR) is 76.9 cm³/mol. The molecule has 0 fully saturated rings. The molecule has 0 aliphatic rings. The number of aryl methyl sites for hydroxylation is 1. The quantitative estimate of drug-likeness (QED) is 0.753. The molecule has 0 unspecified atom stereocenters. The van der Waals surface area contributed by atoms with E-state index in [0.29, 0.717) is 4.88 Å². The summed E-state index contributed by atoms with van der Waals surface area (Å²) in [5, 5.41) is 11.4. The number of hydrogen-bond donors (Lipinski definition) is 2. The highest BCUT2D eigenvalue weighted by Crippen LogP contribution is 2.27. The second kappa shape index (κ2) is 7.39. The van der Waals surface area contributed by atoms with Crippen LogP contribution in [0.4, 0.5) is 0 Å². The van der Waals surface area contributed by atoms with Crippen molar-refractivity contribution in [2.45, 2.75) is 25.8 Å². The Balaban J connectivity index is 2.68. The molecule has 0 radical (unpaired) electrons. The van der Waals surface area contributed by atoms with Gasteiger partial charge in [-0.15, -0.1) is 11.3 Å². The van der Waals surface area contributed by atoms with Gasteiger partial charge in [0.2, 0.25) is 0 Å². The minimum Gasteiger partial charge on any atom is -0.480 e. The van der Waals surface area contributed by atoms with Crippen LogP contribution in [0.1, 0.15) is 28.1 Å². The first-order valence-corrected chi connectivity index (χ1v) is 7.32. The fourth-order valence-corrected chi connectivity index (χ4v) is 2.86. The molecule has 1 amide bonds. The van der Waals surface area contributed by atoms with Crippen LogP contribution in [0.25, 0.3) is 0 Å². The van der Waals surface area contributed by atoms with Gasteiger partial charge in [-0.25, -0.2) is 4.79 Å². The summed E-state index contributed by atoms with van der Waals surface area (Å²) in [4.78, 5) is 34.4. The SMILES string of the molecule is COC(=O)CC[C@H](NC(=O)c1cc(C)c(Br)s1)C(=O)O. The maximum Gasteiger partial charge on any atom is 0.326 e. The third-order valence-corrected chi connectivity index (χ3v) is 4.68. The lowest BCUT2D eigenvalue weighted by molar-refractivity contribution is -0.142. The van der Waals surface area contributed by atoms with Crippen molar-refractivity contribution in [3.63, 3.8) is 0 Å². The number of carbonyl (C=O) groups excluding carboxylic acids is 2. The summed E-state index contributed by atoms with van der Waals surface area (Å²) in [6, 6.07) is 0.548. The largest absolute Gasteiger partial charge is 0.480 e. The van der Waals surface area contributed by atoms with Crippen molar-refractivity contribution >= 4 is 45.1 Å². The molecule has 0 saturated carbocycles. The molecular formula is C12H14BrNO5S.